The zero-order valence-electron chi connectivity index (χ0n) is 8.58. The Morgan fingerprint density at radius 3 is 2.29 bits per heavy atom. The fraction of sp³-hybridized carbons (Fsp3) is 0.0769. The van der Waals surface area contributed by atoms with E-state index in [9.17, 15) is 13.2 Å². The van der Waals surface area contributed by atoms with Crippen molar-refractivity contribution < 1.29 is 13.2 Å². The first-order valence-electron chi connectivity index (χ1n) is 5.04. The fourth-order valence-electron chi connectivity index (χ4n) is 1.90. The Labute approximate surface area is 101 Å². The summed E-state index contributed by atoms with van der Waals surface area (Å²) in [6.45, 7) is 0. The van der Waals surface area contributed by atoms with E-state index in [1.54, 1.807) is 6.07 Å². The summed E-state index contributed by atoms with van der Waals surface area (Å²) in [6, 6.07) is 11.8. The Kier molecular flexibility index (Phi) is 2.32. The molecule has 0 aliphatic rings. The summed E-state index contributed by atoms with van der Waals surface area (Å²) in [5.74, 6) is 0. The van der Waals surface area contributed by atoms with Crippen LogP contribution in [0.5, 0.6) is 0 Å². The minimum atomic E-state index is -4.25. The van der Waals surface area contributed by atoms with Crippen molar-refractivity contribution in [3.8, 4) is 0 Å². The third kappa shape index (κ3) is 1.78. The maximum absolute atomic E-state index is 12.6. The third-order valence-electron chi connectivity index (χ3n) is 2.71. The second kappa shape index (κ2) is 3.62. The average Bonchev–Trinajstić information content (AvgIpc) is 2.65. The van der Waals surface area contributed by atoms with E-state index in [-0.39, 0.29) is 14.5 Å². The first-order valence-corrected chi connectivity index (χ1v) is 6.75. The number of hydrogen-bond acceptors (Lipinski definition) is 0. The van der Waals surface area contributed by atoms with Crippen molar-refractivity contribution in [3.63, 3.8) is 0 Å². The van der Waals surface area contributed by atoms with Gasteiger partial charge in [0.25, 0.3) is 0 Å². The maximum atomic E-state index is 12.6. The molecule has 0 spiro atoms. The predicted molar refractivity (Wildman–Crippen MR) is 63.4 cm³/mol. The predicted octanol–water partition coefficient (Wildman–Crippen LogP) is 4.07. The van der Waals surface area contributed by atoms with Gasteiger partial charge < -0.3 is 0 Å². The molecule has 4 heteroatoms. The van der Waals surface area contributed by atoms with Gasteiger partial charge >= 0.3 is 101 Å². The van der Waals surface area contributed by atoms with Crippen LogP contribution in [-0.2, 0) is 6.18 Å². The van der Waals surface area contributed by atoms with Gasteiger partial charge in [-0.05, 0) is 0 Å². The normalized spacial score (nSPS) is 12.4. The number of hydrogen-bond donors (Lipinski definition) is 0. The first kappa shape index (κ1) is 10.9. The van der Waals surface area contributed by atoms with Gasteiger partial charge in [0, 0.05) is 0 Å². The molecule has 1 aromatic heterocycles. The molecule has 0 unspecified atom stereocenters. The van der Waals surface area contributed by atoms with Crippen LogP contribution in [0.15, 0.2) is 42.5 Å². The molecular weight excluding hydrogens is 292 g/mol. The molecule has 17 heavy (non-hydrogen) atoms. The van der Waals surface area contributed by atoms with Crippen LogP contribution < -0.4 is 0 Å². The molecule has 3 aromatic rings. The van der Waals surface area contributed by atoms with Gasteiger partial charge in [0.15, 0.2) is 0 Å². The summed E-state index contributed by atoms with van der Waals surface area (Å²) in [5.41, 5.74) is -0.550. The summed E-state index contributed by atoms with van der Waals surface area (Å²) < 4.78 is 39.8. The molecule has 0 radical (unpaired) electrons. The molecule has 0 bridgehead atoms. The molecule has 0 amide bonds. The molecule has 0 saturated carbocycles. The summed E-state index contributed by atoms with van der Waals surface area (Å²) in [7, 11) is 0. The van der Waals surface area contributed by atoms with Crippen LogP contribution in [0, 0.1) is 0 Å². The van der Waals surface area contributed by atoms with Crippen LogP contribution in [-0.4, -0.2) is 14.5 Å². The zero-order valence-corrected chi connectivity index (χ0v) is 10.3. The van der Waals surface area contributed by atoms with Crippen molar-refractivity contribution in [2.75, 3.05) is 0 Å². The molecule has 0 fully saturated rings. The summed E-state index contributed by atoms with van der Waals surface area (Å²) in [6.07, 6.45) is -4.25. The van der Waals surface area contributed by atoms with Crippen molar-refractivity contribution in [1.29, 1.82) is 0 Å². The van der Waals surface area contributed by atoms with Crippen molar-refractivity contribution in [1.82, 2.24) is 0 Å². The zero-order chi connectivity index (χ0) is 12.0. The summed E-state index contributed by atoms with van der Waals surface area (Å²) >= 11 is -0.00676. The number of halogens is 3. The van der Waals surface area contributed by atoms with Crippen LogP contribution in [0.2, 0.25) is 0 Å². The molecule has 0 aliphatic heterocycles. The van der Waals surface area contributed by atoms with Gasteiger partial charge in [0.1, 0.15) is 0 Å². The van der Waals surface area contributed by atoms with Gasteiger partial charge in [0.2, 0.25) is 0 Å². The van der Waals surface area contributed by atoms with Gasteiger partial charge in [-0.1, -0.05) is 0 Å². The Balaban J connectivity index is 2.34. The van der Waals surface area contributed by atoms with Gasteiger partial charge in [-0.25, -0.2) is 0 Å². The second-order valence-corrected chi connectivity index (χ2v) is 6.08. The monoisotopic (exact) mass is 300 g/mol. The number of rotatable bonds is 0. The SMILES string of the molecule is FC(F)(F)c1ccc2c(c1)[se]c1ccccc12. The Morgan fingerprint density at radius 1 is 0.824 bits per heavy atom. The average molecular weight is 299 g/mol. The van der Waals surface area contributed by atoms with Crippen molar-refractivity contribution in [2.45, 2.75) is 6.18 Å². The van der Waals surface area contributed by atoms with Crippen LogP contribution in [0.4, 0.5) is 13.2 Å². The van der Waals surface area contributed by atoms with E-state index in [1.807, 2.05) is 24.3 Å². The third-order valence-corrected chi connectivity index (χ3v) is 5.08. The molecule has 0 atom stereocenters. The topological polar surface area (TPSA) is 0 Å². The van der Waals surface area contributed by atoms with Crippen molar-refractivity contribution in [3.05, 3.63) is 48.0 Å². The van der Waals surface area contributed by atoms with Gasteiger partial charge in [-0.2, -0.15) is 0 Å². The van der Waals surface area contributed by atoms with E-state index in [0.717, 1.165) is 25.4 Å². The number of benzene rings is 2. The molecule has 3 rings (SSSR count). The van der Waals surface area contributed by atoms with Crippen LogP contribution in [0.3, 0.4) is 0 Å². The quantitative estimate of drug-likeness (QED) is 0.549. The van der Waals surface area contributed by atoms with E-state index in [0.29, 0.717) is 0 Å². The fourth-order valence-corrected chi connectivity index (χ4v) is 4.31. The van der Waals surface area contributed by atoms with Crippen LogP contribution >= 0.6 is 0 Å². The van der Waals surface area contributed by atoms with Gasteiger partial charge in [-0.3, -0.25) is 0 Å². The van der Waals surface area contributed by atoms with Crippen molar-refractivity contribution >= 4 is 33.8 Å². The number of alkyl halides is 3. The Bertz CT molecular complexity index is 695. The molecular formula is C13H7F3Se. The molecule has 0 N–H and O–H groups in total. The van der Waals surface area contributed by atoms with Crippen molar-refractivity contribution in [2.24, 2.45) is 0 Å². The minimum absolute atomic E-state index is 0.00676. The summed E-state index contributed by atoms with van der Waals surface area (Å²) in [5, 5.41) is 2.03. The van der Waals surface area contributed by atoms with Gasteiger partial charge in [0.05, 0.1) is 0 Å². The van der Waals surface area contributed by atoms with E-state index in [4.69, 9.17) is 0 Å². The van der Waals surface area contributed by atoms with E-state index in [2.05, 4.69) is 0 Å². The van der Waals surface area contributed by atoms with E-state index in [1.165, 1.54) is 6.07 Å². The van der Waals surface area contributed by atoms with Crippen LogP contribution in [0.1, 0.15) is 5.56 Å². The first-order chi connectivity index (χ1) is 8.05. The summed E-state index contributed by atoms with van der Waals surface area (Å²) in [4.78, 5) is 0. The Morgan fingerprint density at radius 2 is 1.53 bits per heavy atom. The Hall–Kier alpha value is -1.25. The number of fused-ring (bicyclic) bond motifs is 3. The van der Waals surface area contributed by atoms with E-state index < -0.39 is 11.7 Å². The van der Waals surface area contributed by atoms with E-state index >= 15 is 0 Å². The molecule has 86 valence electrons. The van der Waals surface area contributed by atoms with Crippen LogP contribution in [0.25, 0.3) is 19.3 Å². The molecule has 1 heterocycles. The van der Waals surface area contributed by atoms with Gasteiger partial charge in [-0.15, -0.1) is 0 Å². The molecule has 2 aromatic carbocycles. The molecule has 0 nitrogen and oxygen atoms in total. The molecule has 0 saturated heterocycles. The molecule has 0 aliphatic carbocycles. The standard InChI is InChI=1S/C13H7F3Se/c14-13(15,16)8-5-6-10-9-3-1-2-4-11(9)17-12(10)7-8/h1-7H. The second-order valence-electron chi connectivity index (χ2n) is 3.81.